The first kappa shape index (κ1) is 21.8. The Bertz CT molecular complexity index is 851. The molecule has 0 bridgehead atoms. The molecule has 0 saturated carbocycles. The number of benzene rings is 2. The van der Waals surface area contributed by atoms with E-state index in [4.69, 9.17) is 4.74 Å². The predicted octanol–water partition coefficient (Wildman–Crippen LogP) is 2.77. The van der Waals surface area contributed by atoms with Gasteiger partial charge >= 0.3 is 6.09 Å². The summed E-state index contributed by atoms with van der Waals surface area (Å²) in [5, 5.41) is 16.4. The minimum Gasteiger partial charge on any atom is -0.444 e. The van der Waals surface area contributed by atoms with Gasteiger partial charge in [-0.05, 0) is 56.7 Å². The van der Waals surface area contributed by atoms with Gasteiger partial charge in [0.15, 0.2) is 6.10 Å². The zero-order valence-electron chi connectivity index (χ0n) is 17.7. The van der Waals surface area contributed by atoms with Crippen LogP contribution in [0.4, 0.5) is 4.79 Å². The topological polar surface area (TPSA) is 87.7 Å². The first-order chi connectivity index (χ1) is 14.2. The molecular weight excluding hydrogens is 380 g/mol. The molecule has 0 heterocycles. The molecule has 2 aromatic rings. The lowest BCUT2D eigenvalue weighted by Gasteiger charge is -2.27. The number of amides is 2. The van der Waals surface area contributed by atoms with Gasteiger partial charge in [0.2, 0.25) is 0 Å². The molecule has 1 unspecified atom stereocenters. The third-order valence-electron chi connectivity index (χ3n) is 5.05. The van der Waals surface area contributed by atoms with Gasteiger partial charge in [0.05, 0.1) is 6.04 Å². The highest BCUT2D eigenvalue weighted by molar-refractivity contribution is 5.82. The number of aliphatic hydroxyl groups is 1. The maximum absolute atomic E-state index is 12.8. The lowest BCUT2D eigenvalue weighted by Crippen LogP contribution is -2.54. The fourth-order valence-corrected chi connectivity index (χ4v) is 3.70. The average Bonchev–Trinajstić information content (AvgIpc) is 3.08. The van der Waals surface area contributed by atoms with E-state index in [0.717, 1.165) is 18.4 Å². The van der Waals surface area contributed by atoms with Crippen molar-refractivity contribution in [3.05, 3.63) is 71.3 Å². The molecule has 3 rings (SSSR count). The van der Waals surface area contributed by atoms with Crippen molar-refractivity contribution in [1.82, 2.24) is 10.6 Å². The maximum Gasteiger partial charge on any atom is 0.407 e. The van der Waals surface area contributed by atoms with E-state index in [0.29, 0.717) is 6.42 Å². The Morgan fingerprint density at radius 2 is 1.60 bits per heavy atom. The lowest BCUT2D eigenvalue weighted by atomic mass is 10.0. The highest BCUT2D eigenvalue weighted by atomic mass is 16.6. The van der Waals surface area contributed by atoms with Crippen LogP contribution in [-0.4, -0.2) is 40.9 Å². The smallest absolute Gasteiger partial charge is 0.407 e. The molecule has 6 heteroatoms. The molecule has 2 amide bonds. The first-order valence-electron chi connectivity index (χ1n) is 10.3. The number of alkyl carbamates (subject to hydrolysis) is 1. The van der Waals surface area contributed by atoms with Crippen LogP contribution in [0.1, 0.15) is 37.5 Å². The van der Waals surface area contributed by atoms with Crippen LogP contribution in [0.2, 0.25) is 0 Å². The van der Waals surface area contributed by atoms with E-state index in [1.807, 2.05) is 42.5 Å². The van der Waals surface area contributed by atoms with E-state index in [-0.39, 0.29) is 6.04 Å². The van der Waals surface area contributed by atoms with Gasteiger partial charge in [0.1, 0.15) is 5.60 Å². The van der Waals surface area contributed by atoms with Gasteiger partial charge in [-0.3, -0.25) is 4.79 Å². The zero-order valence-corrected chi connectivity index (χ0v) is 17.7. The third kappa shape index (κ3) is 6.07. The Balaban J connectivity index is 1.66. The molecule has 160 valence electrons. The molecule has 3 N–H and O–H groups in total. The summed E-state index contributed by atoms with van der Waals surface area (Å²) >= 11 is 0. The molecule has 30 heavy (non-hydrogen) atoms. The summed E-state index contributed by atoms with van der Waals surface area (Å²) in [5.41, 5.74) is 2.65. The normalized spacial score (nSPS) is 15.7. The fourth-order valence-electron chi connectivity index (χ4n) is 3.70. The van der Waals surface area contributed by atoms with Gasteiger partial charge in [-0.15, -0.1) is 0 Å². The van der Waals surface area contributed by atoms with Gasteiger partial charge < -0.3 is 20.5 Å². The third-order valence-corrected chi connectivity index (χ3v) is 5.05. The summed E-state index contributed by atoms with van der Waals surface area (Å²) in [6.45, 7) is 5.29. The van der Waals surface area contributed by atoms with Crippen molar-refractivity contribution >= 4 is 12.0 Å². The second-order valence-corrected chi connectivity index (χ2v) is 8.77. The maximum atomic E-state index is 12.8. The van der Waals surface area contributed by atoms with E-state index >= 15 is 0 Å². The average molecular weight is 411 g/mol. The molecule has 6 nitrogen and oxygen atoms in total. The van der Waals surface area contributed by atoms with Crippen molar-refractivity contribution in [3.63, 3.8) is 0 Å². The van der Waals surface area contributed by atoms with Crippen LogP contribution >= 0.6 is 0 Å². The molecule has 0 fully saturated rings. The van der Waals surface area contributed by atoms with Crippen molar-refractivity contribution < 1.29 is 19.4 Å². The fraction of sp³-hybridized carbons (Fsp3) is 0.417. The number of aliphatic hydroxyl groups excluding tert-OH is 1. The first-order valence-corrected chi connectivity index (χ1v) is 10.3. The molecule has 1 aliphatic rings. The minimum absolute atomic E-state index is 0.0662. The van der Waals surface area contributed by atoms with E-state index < -0.39 is 29.7 Å². The molecule has 2 atom stereocenters. The number of fused-ring (bicyclic) bond motifs is 1. The highest BCUT2D eigenvalue weighted by Crippen LogP contribution is 2.22. The molecule has 1 aliphatic carbocycles. The van der Waals surface area contributed by atoms with Gasteiger partial charge in [-0.25, -0.2) is 4.79 Å². The molecule has 0 aliphatic heterocycles. The number of rotatable bonds is 6. The van der Waals surface area contributed by atoms with E-state index in [1.165, 1.54) is 11.1 Å². The summed E-state index contributed by atoms with van der Waals surface area (Å²) in [7, 11) is 0. The second kappa shape index (κ2) is 9.30. The zero-order chi connectivity index (χ0) is 21.7. The van der Waals surface area contributed by atoms with Crippen molar-refractivity contribution in [2.24, 2.45) is 0 Å². The van der Waals surface area contributed by atoms with Crippen molar-refractivity contribution in [1.29, 1.82) is 0 Å². The quantitative estimate of drug-likeness (QED) is 0.683. The van der Waals surface area contributed by atoms with Crippen molar-refractivity contribution in [2.45, 2.75) is 63.8 Å². The Hall–Kier alpha value is -2.86. The molecule has 0 radical (unpaired) electrons. The van der Waals surface area contributed by atoms with Crippen LogP contribution in [-0.2, 0) is 28.8 Å². The van der Waals surface area contributed by atoms with Gasteiger partial charge in [0, 0.05) is 6.04 Å². The largest absolute Gasteiger partial charge is 0.444 e. The number of hydrogen-bond acceptors (Lipinski definition) is 4. The minimum atomic E-state index is -1.40. The monoisotopic (exact) mass is 410 g/mol. The van der Waals surface area contributed by atoms with Crippen LogP contribution in [0.15, 0.2) is 54.6 Å². The van der Waals surface area contributed by atoms with Crippen LogP contribution in [0.25, 0.3) is 0 Å². The molecule has 0 spiro atoms. The van der Waals surface area contributed by atoms with Crippen LogP contribution < -0.4 is 10.6 Å². The standard InChI is InChI=1S/C24H30N2O4/c1-24(2,3)30-23(29)26-20(13-16-9-5-4-6-10-16)21(27)22(28)25-19-14-17-11-7-8-12-18(17)15-19/h4-12,19-21,27H,13-15H2,1-3H3,(H,25,28)(H,26,29)/t20-,21?/m0/s1. The van der Waals surface area contributed by atoms with Gasteiger partial charge in [-0.2, -0.15) is 0 Å². The summed E-state index contributed by atoms with van der Waals surface area (Å²) in [5.74, 6) is -0.496. The molecule has 0 saturated heterocycles. The predicted molar refractivity (Wildman–Crippen MR) is 115 cm³/mol. The number of carbonyl (C=O) groups excluding carboxylic acids is 2. The summed E-state index contributed by atoms with van der Waals surface area (Å²) in [6.07, 6.45) is -0.292. The van der Waals surface area contributed by atoms with E-state index in [9.17, 15) is 14.7 Å². The van der Waals surface area contributed by atoms with Gasteiger partial charge in [-0.1, -0.05) is 54.6 Å². The Kier molecular flexibility index (Phi) is 6.77. The van der Waals surface area contributed by atoms with Crippen molar-refractivity contribution in [3.8, 4) is 0 Å². The Morgan fingerprint density at radius 3 is 2.17 bits per heavy atom. The Morgan fingerprint density at radius 1 is 1.03 bits per heavy atom. The second-order valence-electron chi connectivity index (χ2n) is 8.77. The van der Waals surface area contributed by atoms with Crippen LogP contribution in [0.3, 0.4) is 0 Å². The number of hydrogen-bond donors (Lipinski definition) is 3. The number of nitrogens with one attached hydrogen (secondary N) is 2. The summed E-state index contributed by atoms with van der Waals surface area (Å²) in [6, 6.07) is 16.6. The summed E-state index contributed by atoms with van der Waals surface area (Å²) in [4.78, 5) is 25.1. The summed E-state index contributed by atoms with van der Waals surface area (Å²) < 4.78 is 5.32. The van der Waals surface area contributed by atoms with Crippen molar-refractivity contribution in [2.75, 3.05) is 0 Å². The molecule has 0 aromatic heterocycles. The van der Waals surface area contributed by atoms with E-state index in [1.54, 1.807) is 20.8 Å². The number of carbonyl (C=O) groups is 2. The SMILES string of the molecule is CC(C)(C)OC(=O)N[C@@H](Cc1ccccc1)C(O)C(=O)NC1Cc2ccccc2C1. The molecular formula is C24H30N2O4. The number of ether oxygens (including phenoxy) is 1. The Labute approximate surface area is 177 Å². The van der Waals surface area contributed by atoms with E-state index in [2.05, 4.69) is 22.8 Å². The van der Waals surface area contributed by atoms with Crippen LogP contribution in [0.5, 0.6) is 0 Å². The highest BCUT2D eigenvalue weighted by Gasteiger charge is 2.32. The molecule has 2 aromatic carbocycles. The lowest BCUT2D eigenvalue weighted by molar-refractivity contribution is -0.131. The van der Waals surface area contributed by atoms with Crippen LogP contribution in [0, 0.1) is 0 Å². The van der Waals surface area contributed by atoms with Gasteiger partial charge in [0.25, 0.3) is 5.91 Å².